The van der Waals surface area contributed by atoms with Crippen LogP contribution in [0.1, 0.15) is 16.1 Å². The summed E-state index contributed by atoms with van der Waals surface area (Å²) in [5.74, 6) is 0.932. The van der Waals surface area contributed by atoms with E-state index in [1.165, 1.54) is 18.9 Å². The molecule has 8 nitrogen and oxygen atoms in total. The number of hydrogen-bond donors (Lipinski definition) is 1. The molecular formula is C20H20N4O4S. The maximum atomic E-state index is 12.3. The Morgan fingerprint density at radius 2 is 2.03 bits per heavy atom. The van der Waals surface area contributed by atoms with Gasteiger partial charge in [-0.05, 0) is 37.3 Å². The molecule has 2 aromatic heterocycles. The lowest BCUT2D eigenvalue weighted by molar-refractivity contribution is -0.113. The number of furan rings is 1. The number of nitrogens with one attached hydrogen (secondary N) is 1. The third kappa shape index (κ3) is 4.75. The molecule has 150 valence electrons. The quantitative estimate of drug-likeness (QED) is 0.343. The average molecular weight is 412 g/mol. The summed E-state index contributed by atoms with van der Waals surface area (Å²) in [7, 11) is 1.32. The molecule has 2 heterocycles. The van der Waals surface area contributed by atoms with Crippen LogP contribution >= 0.6 is 11.8 Å². The Kier molecular flexibility index (Phi) is 6.50. The van der Waals surface area contributed by atoms with Crippen LogP contribution < -0.4 is 5.32 Å². The topological polar surface area (TPSA) is 99.2 Å². The number of anilines is 1. The van der Waals surface area contributed by atoms with Crippen molar-refractivity contribution in [3.63, 3.8) is 0 Å². The number of thioether (sulfide) groups is 1. The van der Waals surface area contributed by atoms with Crippen molar-refractivity contribution in [2.24, 2.45) is 0 Å². The standard InChI is InChI=1S/C20H20N4O4S/c1-4-10-24-18(16-9-11-28-13(16)2)22-23-20(24)29-12-17(25)21-15-7-5-14(6-8-15)19(26)27-3/h4-9,11H,1,10,12H2,2-3H3,(H,21,25). The van der Waals surface area contributed by atoms with Crippen molar-refractivity contribution in [3.8, 4) is 11.4 Å². The normalized spacial score (nSPS) is 10.6. The van der Waals surface area contributed by atoms with E-state index in [4.69, 9.17) is 4.42 Å². The zero-order chi connectivity index (χ0) is 20.8. The van der Waals surface area contributed by atoms with Gasteiger partial charge in [-0.15, -0.1) is 16.8 Å². The smallest absolute Gasteiger partial charge is 0.337 e. The van der Waals surface area contributed by atoms with E-state index in [1.807, 2.05) is 17.6 Å². The molecule has 1 N–H and O–H groups in total. The molecule has 1 aromatic carbocycles. The molecule has 0 radical (unpaired) electrons. The first-order chi connectivity index (χ1) is 14.0. The van der Waals surface area contributed by atoms with Gasteiger partial charge in [0.05, 0.1) is 30.3 Å². The van der Waals surface area contributed by atoms with Gasteiger partial charge in [0.2, 0.25) is 5.91 Å². The molecule has 0 aliphatic carbocycles. The number of aryl methyl sites for hydroxylation is 1. The third-order valence-corrected chi connectivity index (χ3v) is 5.02. The summed E-state index contributed by atoms with van der Waals surface area (Å²) in [4.78, 5) is 23.8. The van der Waals surface area contributed by atoms with Gasteiger partial charge in [0, 0.05) is 12.2 Å². The summed E-state index contributed by atoms with van der Waals surface area (Å²) in [5.41, 5.74) is 1.85. The van der Waals surface area contributed by atoms with Gasteiger partial charge in [-0.25, -0.2) is 4.79 Å². The summed E-state index contributed by atoms with van der Waals surface area (Å²) in [6.07, 6.45) is 3.35. The largest absolute Gasteiger partial charge is 0.469 e. The van der Waals surface area contributed by atoms with Crippen LogP contribution in [-0.4, -0.2) is 39.5 Å². The lowest BCUT2D eigenvalue weighted by Crippen LogP contribution is -2.15. The lowest BCUT2D eigenvalue weighted by Gasteiger charge is -2.08. The number of benzene rings is 1. The highest BCUT2D eigenvalue weighted by atomic mass is 32.2. The van der Waals surface area contributed by atoms with Crippen LogP contribution in [0.3, 0.4) is 0 Å². The van der Waals surface area contributed by atoms with Crippen molar-refractivity contribution in [2.75, 3.05) is 18.2 Å². The summed E-state index contributed by atoms with van der Waals surface area (Å²) in [6.45, 7) is 6.14. The zero-order valence-electron chi connectivity index (χ0n) is 16.0. The van der Waals surface area contributed by atoms with Gasteiger partial charge in [-0.3, -0.25) is 9.36 Å². The molecule has 0 fully saturated rings. The number of esters is 1. The number of carbonyl (C=O) groups is 2. The van der Waals surface area contributed by atoms with Crippen LogP contribution in [-0.2, 0) is 16.1 Å². The second-order valence-electron chi connectivity index (χ2n) is 6.00. The van der Waals surface area contributed by atoms with E-state index in [1.54, 1.807) is 36.6 Å². The number of amides is 1. The molecule has 3 rings (SSSR count). The molecular weight excluding hydrogens is 392 g/mol. The molecule has 0 unspecified atom stereocenters. The first kappa shape index (κ1) is 20.4. The van der Waals surface area contributed by atoms with Gasteiger partial charge >= 0.3 is 5.97 Å². The van der Waals surface area contributed by atoms with E-state index >= 15 is 0 Å². The van der Waals surface area contributed by atoms with Crippen LogP contribution in [0.5, 0.6) is 0 Å². The fourth-order valence-corrected chi connectivity index (χ4v) is 3.39. The van der Waals surface area contributed by atoms with E-state index in [-0.39, 0.29) is 11.7 Å². The van der Waals surface area contributed by atoms with Crippen molar-refractivity contribution in [2.45, 2.75) is 18.6 Å². The predicted octanol–water partition coefficient (Wildman–Crippen LogP) is 3.55. The molecule has 9 heteroatoms. The zero-order valence-corrected chi connectivity index (χ0v) is 16.9. The Bertz CT molecular complexity index is 1020. The Hall–Kier alpha value is -3.33. The summed E-state index contributed by atoms with van der Waals surface area (Å²) < 4.78 is 11.9. The van der Waals surface area contributed by atoms with E-state index in [0.29, 0.717) is 28.8 Å². The Morgan fingerprint density at radius 3 is 2.66 bits per heavy atom. The monoisotopic (exact) mass is 412 g/mol. The van der Waals surface area contributed by atoms with Crippen LogP contribution in [0, 0.1) is 6.92 Å². The van der Waals surface area contributed by atoms with Crippen LogP contribution in [0.4, 0.5) is 5.69 Å². The van der Waals surface area contributed by atoms with Gasteiger partial charge in [-0.2, -0.15) is 0 Å². The second-order valence-corrected chi connectivity index (χ2v) is 6.94. The number of hydrogen-bond acceptors (Lipinski definition) is 7. The first-order valence-corrected chi connectivity index (χ1v) is 9.71. The first-order valence-electron chi connectivity index (χ1n) is 8.73. The number of ether oxygens (including phenoxy) is 1. The Morgan fingerprint density at radius 1 is 1.28 bits per heavy atom. The molecule has 0 aliphatic heterocycles. The highest BCUT2D eigenvalue weighted by molar-refractivity contribution is 7.99. The molecule has 0 atom stereocenters. The van der Waals surface area contributed by atoms with E-state index < -0.39 is 5.97 Å². The highest BCUT2D eigenvalue weighted by Crippen LogP contribution is 2.27. The summed E-state index contributed by atoms with van der Waals surface area (Å²) in [6, 6.07) is 8.31. The van der Waals surface area contributed by atoms with Gasteiger partial charge in [0.1, 0.15) is 5.76 Å². The maximum Gasteiger partial charge on any atom is 0.337 e. The van der Waals surface area contributed by atoms with E-state index in [0.717, 1.165) is 11.3 Å². The number of methoxy groups -OCH3 is 1. The molecule has 1 amide bonds. The summed E-state index contributed by atoms with van der Waals surface area (Å²) in [5, 5.41) is 11.8. The molecule has 29 heavy (non-hydrogen) atoms. The van der Waals surface area contributed by atoms with Gasteiger partial charge < -0.3 is 14.5 Å². The average Bonchev–Trinajstić information content (AvgIpc) is 3.32. The fourth-order valence-electron chi connectivity index (χ4n) is 2.64. The molecule has 3 aromatic rings. The van der Waals surface area contributed by atoms with E-state index in [2.05, 4.69) is 26.8 Å². The van der Waals surface area contributed by atoms with Crippen LogP contribution in [0.25, 0.3) is 11.4 Å². The Balaban J connectivity index is 1.66. The summed E-state index contributed by atoms with van der Waals surface area (Å²) >= 11 is 1.27. The number of rotatable bonds is 8. The van der Waals surface area contributed by atoms with Crippen molar-refractivity contribution in [3.05, 3.63) is 60.6 Å². The van der Waals surface area contributed by atoms with Crippen molar-refractivity contribution in [1.82, 2.24) is 14.8 Å². The minimum Gasteiger partial charge on any atom is -0.469 e. The number of carbonyl (C=O) groups excluding carboxylic acids is 2. The van der Waals surface area contributed by atoms with E-state index in [9.17, 15) is 9.59 Å². The van der Waals surface area contributed by atoms with Crippen molar-refractivity contribution >= 4 is 29.3 Å². The van der Waals surface area contributed by atoms with Crippen molar-refractivity contribution < 1.29 is 18.7 Å². The molecule has 0 bridgehead atoms. The minimum absolute atomic E-state index is 0.151. The molecule has 0 aliphatic rings. The number of nitrogens with zero attached hydrogens (tertiary/aromatic N) is 3. The second kappa shape index (κ2) is 9.24. The van der Waals surface area contributed by atoms with Crippen LogP contribution in [0.15, 0.2) is 58.8 Å². The SMILES string of the molecule is C=CCn1c(SCC(=O)Nc2ccc(C(=O)OC)cc2)nnc1-c1ccoc1C. The highest BCUT2D eigenvalue weighted by Gasteiger charge is 2.17. The lowest BCUT2D eigenvalue weighted by atomic mass is 10.2. The molecule has 0 saturated carbocycles. The Labute approximate surface area is 172 Å². The fraction of sp³-hybridized carbons (Fsp3) is 0.200. The maximum absolute atomic E-state index is 12.3. The van der Waals surface area contributed by atoms with Gasteiger partial charge in [0.25, 0.3) is 0 Å². The predicted molar refractivity (Wildman–Crippen MR) is 110 cm³/mol. The van der Waals surface area contributed by atoms with Gasteiger partial charge in [-0.1, -0.05) is 17.8 Å². The third-order valence-electron chi connectivity index (χ3n) is 4.05. The molecule has 0 spiro atoms. The number of aromatic nitrogens is 3. The number of allylic oxidation sites excluding steroid dienone is 1. The minimum atomic E-state index is -0.427. The van der Waals surface area contributed by atoms with Crippen LogP contribution in [0.2, 0.25) is 0 Å². The molecule has 0 saturated heterocycles. The van der Waals surface area contributed by atoms with Crippen molar-refractivity contribution in [1.29, 1.82) is 0 Å². The van der Waals surface area contributed by atoms with Gasteiger partial charge in [0.15, 0.2) is 11.0 Å².